The van der Waals surface area contributed by atoms with Gasteiger partial charge in [-0.25, -0.2) is 0 Å². The van der Waals surface area contributed by atoms with Crippen LogP contribution >= 0.6 is 0 Å². The molecule has 1 aromatic rings. The van der Waals surface area contributed by atoms with E-state index in [0.717, 1.165) is 12.0 Å². The third-order valence-electron chi connectivity index (χ3n) is 3.92. The largest absolute Gasteiger partial charge is 0.480 e. The lowest BCUT2D eigenvalue weighted by Crippen LogP contribution is -2.42. The quantitative estimate of drug-likeness (QED) is 0.827. The van der Waals surface area contributed by atoms with Crippen LogP contribution in [0, 0.1) is 0 Å². The van der Waals surface area contributed by atoms with Gasteiger partial charge in [-0.05, 0) is 37.1 Å². The Balaban J connectivity index is 1.51. The van der Waals surface area contributed by atoms with Crippen molar-refractivity contribution in [3.8, 4) is 11.5 Å². The maximum Gasteiger partial charge on any atom is 0.320 e. The number of rotatable bonds is 5. The van der Waals surface area contributed by atoms with Crippen molar-refractivity contribution in [2.24, 2.45) is 0 Å². The Kier molecular flexibility index (Phi) is 4.15. The Morgan fingerprint density at radius 2 is 2.14 bits per heavy atom. The van der Waals surface area contributed by atoms with Gasteiger partial charge in [0, 0.05) is 6.54 Å². The molecule has 7 heteroatoms. The van der Waals surface area contributed by atoms with Crippen LogP contribution in [-0.2, 0) is 16.1 Å². The van der Waals surface area contributed by atoms with Crippen LogP contribution in [-0.4, -0.2) is 47.8 Å². The Morgan fingerprint density at radius 3 is 2.95 bits per heavy atom. The van der Waals surface area contributed by atoms with Crippen LogP contribution in [0.2, 0.25) is 0 Å². The molecule has 7 nitrogen and oxygen atoms in total. The number of carboxylic acids is 1. The first-order valence-electron chi connectivity index (χ1n) is 7.25. The number of nitrogens with one attached hydrogen (secondary N) is 1. The number of nitrogens with zero attached hydrogens (tertiary/aromatic N) is 1. The topological polar surface area (TPSA) is 88.1 Å². The third kappa shape index (κ3) is 3.14. The van der Waals surface area contributed by atoms with E-state index < -0.39 is 12.0 Å². The van der Waals surface area contributed by atoms with E-state index in [1.807, 2.05) is 18.2 Å². The van der Waals surface area contributed by atoms with Crippen molar-refractivity contribution in [1.29, 1.82) is 0 Å². The van der Waals surface area contributed by atoms with Gasteiger partial charge in [-0.3, -0.25) is 14.5 Å². The lowest BCUT2D eigenvalue weighted by molar-refractivity contribution is -0.142. The summed E-state index contributed by atoms with van der Waals surface area (Å²) in [7, 11) is 0. The molecule has 2 aliphatic heterocycles. The maximum absolute atomic E-state index is 12.0. The molecule has 0 radical (unpaired) electrons. The molecule has 3 rings (SSSR count). The van der Waals surface area contributed by atoms with Crippen LogP contribution in [0.25, 0.3) is 0 Å². The van der Waals surface area contributed by atoms with Crippen LogP contribution in [0.15, 0.2) is 18.2 Å². The van der Waals surface area contributed by atoms with Crippen molar-refractivity contribution < 1.29 is 24.2 Å². The fourth-order valence-electron chi connectivity index (χ4n) is 2.79. The first kappa shape index (κ1) is 14.6. The highest BCUT2D eigenvalue weighted by molar-refractivity contribution is 5.80. The van der Waals surface area contributed by atoms with Crippen LogP contribution in [0.5, 0.6) is 11.5 Å². The number of fused-ring (bicyclic) bond motifs is 1. The van der Waals surface area contributed by atoms with Crippen molar-refractivity contribution in [3.05, 3.63) is 23.8 Å². The smallest absolute Gasteiger partial charge is 0.320 e. The number of carboxylic acid groups (broad SMARTS) is 1. The van der Waals surface area contributed by atoms with Crippen LogP contribution in [0.4, 0.5) is 0 Å². The van der Waals surface area contributed by atoms with E-state index in [2.05, 4.69) is 5.32 Å². The lowest BCUT2D eigenvalue weighted by atomic mass is 10.2. The van der Waals surface area contributed by atoms with E-state index in [0.29, 0.717) is 31.0 Å². The second kappa shape index (κ2) is 6.23. The molecule has 1 saturated heterocycles. The highest BCUT2D eigenvalue weighted by Gasteiger charge is 2.31. The van der Waals surface area contributed by atoms with E-state index >= 15 is 0 Å². The van der Waals surface area contributed by atoms with Crippen molar-refractivity contribution in [1.82, 2.24) is 10.2 Å². The van der Waals surface area contributed by atoms with Gasteiger partial charge in [0.15, 0.2) is 11.5 Å². The molecule has 1 unspecified atom stereocenters. The second-order valence-electron chi connectivity index (χ2n) is 5.43. The lowest BCUT2D eigenvalue weighted by Gasteiger charge is -2.20. The minimum absolute atomic E-state index is 0.113. The minimum Gasteiger partial charge on any atom is -0.480 e. The number of ether oxygens (including phenoxy) is 2. The Hall–Kier alpha value is -2.28. The predicted octanol–water partition coefficient (Wildman–Crippen LogP) is 0.581. The highest BCUT2D eigenvalue weighted by Crippen LogP contribution is 2.32. The average Bonchev–Trinajstić information content (AvgIpc) is 3.13. The summed E-state index contributed by atoms with van der Waals surface area (Å²) in [6.45, 7) is 1.35. The molecular weight excluding hydrogens is 288 g/mol. The fraction of sp³-hybridized carbons (Fsp3) is 0.467. The van der Waals surface area contributed by atoms with E-state index in [9.17, 15) is 9.59 Å². The van der Waals surface area contributed by atoms with Crippen molar-refractivity contribution in [2.45, 2.75) is 25.4 Å². The molecule has 1 amide bonds. The number of amides is 1. The summed E-state index contributed by atoms with van der Waals surface area (Å²) in [5.74, 6) is 0.348. The molecular formula is C15H18N2O5. The van der Waals surface area contributed by atoms with Crippen molar-refractivity contribution >= 4 is 11.9 Å². The van der Waals surface area contributed by atoms with E-state index in [4.69, 9.17) is 14.6 Å². The van der Waals surface area contributed by atoms with Crippen LogP contribution in [0.1, 0.15) is 18.4 Å². The van der Waals surface area contributed by atoms with Crippen LogP contribution in [0.3, 0.4) is 0 Å². The number of hydrogen-bond acceptors (Lipinski definition) is 5. The van der Waals surface area contributed by atoms with Gasteiger partial charge in [-0.15, -0.1) is 0 Å². The number of aliphatic carboxylic acids is 1. The zero-order valence-corrected chi connectivity index (χ0v) is 12.1. The molecule has 2 N–H and O–H groups in total. The summed E-state index contributed by atoms with van der Waals surface area (Å²) < 4.78 is 10.5. The van der Waals surface area contributed by atoms with Crippen LogP contribution < -0.4 is 14.8 Å². The van der Waals surface area contributed by atoms with Gasteiger partial charge < -0.3 is 19.9 Å². The van der Waals surface area contributed by atoms with E-state index in [1.165, 1.54) is 0 Å². The molecule has 0 aliphatic carbocycles. The Bertz CT molecular complexity index is 589. The number of benzene rings is 1. The zero-order valence-electron chi connectivity index (χ0n) is 12.1. The molecule has 1 aromatic carbocycles. The minimum atomic E-state index is -0.860. The van der Waals surface area contributed by atoms with E-state index in [1.54, 1.807) is 4.90 Å². The van der Waals surface area contributed by atoms with Gasteiger partial charge in [-0.1, -0.05) is 6.07 Å². The molecule has 0 spiro atoms. The molecule has 2 aliphatic rings. The molecule has 22 heavy (non-hydrogen) atoms. The van der Waals surface area contributed by atoms with Crippen molar-refractivity contribution in [3.63, 3.8) is 0 Å². The second-order valence-corrected chi connectivity index (χ2v) is 5.43. The third-order valence-corrected chi connectivity index (χ3v) is 3.92. The van der Waals surface area contributed by atoms with E-state index in [-0.39, 0.29) is 19.2 Å². The van der Waals surface area contributed by atoms with Gasteiger partial charge in [0.25, 0.3) is 0 Å². The summed E-state index contributed by atoms with van der Waals surface area (Å²) in [6.07, 6.45) is 1.41. The summed E-state index contributed by atoms with van der Waals surface area (Å²) in [4.78, 5) is 24.8. The number of carbonyl (C=O) groups is 2. The molecule has 2 heterocycles. The maximum atomic E-state index is 12.0. The first-order valence-corrected chi connectivity index (χ1v) is 7.25. The summed E-state index contributed by atoms with van der Waals surface area (Å²) in [5.41, 5.74) is 0.911. The monoisotopic (exact) mass is 306 g/mol. The number of hydrogen-bond donors (Lipinski definition) is 2. The highest BCUT2D eigenvalue weighted by atomic mass is 16.7. The summed E-state index contributed by atoms with van der Waals surface area (Å²) in [6, 6.07) is 4.96. The molecule has 0 saturated carbocycles. The Morgan fingerprint density at radius 1 is 1.32 bits per heavy atom. The average molecular weight is 306 g/mol. The SMILES string of the molecule is O=C(CN1CCCC1C(=O)O)NCc1ccc2c(c1)OCO2. The molecule has 118 valence electrons. The zero-order chi connectivity index (χ0) is 15.5. The molecule has 1 fully saturated rings. The van der Waals surface area contributed by atoms with Gasteiger partial charge in [0.1, 0.15) is 6.04 Å². The van der Waals surface area contributed by atoms with Gasteiger partial charge in [-0.2, -0.15) is 0 Å². The molecule has 0 aromatic heterocycles. The Labute approximate surface area is 127 Å². The molecule has 0 bridgehead atoms. The standard InChI is InChI=1S/C15H18N2O5/c18-14(8-17-5-1-2-11(17)15(19)20)16-7-10-3-4-12-13(6-10)22-9-21-12/h3-4,6,11H,1-2,5,7-9H2,(H,16,18)(H,19,20). The fourth-order valence-corrected chi connectivity index (χ4v) is 2.79. The summed E-state index contributed by atoms with van der Waals surface area (Å²) in [5, 5.41) is 11.9. The van der Waals surface area contributed by atoms with Gasteiger partial charge >= 0.3 is 5.97 Å². The molecule has 1 atom stereocenters. The normalized spacial score (nSPS) is 20.1. The van der Waals surface area contributed by atoms with Crippen molar-refractivity contribution in [2.75, 3.05) is 19.9 Å². The number of likely N-dealkylation sites (tertiary alicyclic amines) is 1. The van der Waals surface area contributed by atoms with Gasteiger partial charge in [0.05, 0.1) is 6.54 Å². The van der Waals surface area contributed by atoms with Gasteiger partial charge in [0.2, 0.25) is 12.7 Å². The first-order chi connectivity index (χ1) is 10.6. The predicted molar refractivity (Wildman–Crippen MR) is 76.6 cm³/mol. The number of carbonyl (C=O) groups excluding carboxylic acids is 1. The summed E-state index contributed by atoms with van der Waals surface area (Å²) >= 11 is 0.